The van der Waals surface area contributed by atoms with E-state index >= 15 is 0 Å². The fraction of sp³-hybridized carbons (Fsp3) is 0.769. The van der Waals surface area contributed by atoms with Crippen molar-refractivity contribution in [2.24, 2.45) is 0 Å². The predicted molar refractivity (Wildman–Crippen MR) is 64.5 cm³/mol. The van der Waals surface area contributed by atoms with E-state index in [2.05, 4.69) is 12.8 Å². The summed E-state index contributed by atoms with van der Waals surface area (Å²) in [5.74, 6) is 2.88. The third-order valence-electron chi connectivity index (χ3n) is 2.48. The summed E-state index contributed by atoms with van der Waals surface area (Å²) >= 11 is 0. The third kappa shape index (κ3) is 8.05. The number of hydrogen-bond acceptors (Lipinski definition) is 1. The normalized spacial score (nSPS) is 9.67. The zero-order valence-electron chi connectivity index (χ0n) is 10.1. The fourth-order valence-electron chi connectivity index (χ4n) is 1.39. The van der Waals surface area contributed by atoms with Gasteiger partial charge < -0.3 is 4.90 Å². The van der Waals surface area contributed by atoms with E-state index in [4.69, 9.17) is 6.42 Å². The first kappa shape index (κ1) is 14.0. The Kier molecular flexibility index (Phi) is 8.96. The second kappa shape index (κ2) is 9.58. The zero-order valence-corrected chi connectivity index (χ0v) is 10.1. The van der Waals surface area contributed by atoms with Gasteiger partial charge in [0.25, 0.3) is 0 Å². The van der Waals surface area contributed by atoms with E-state index in [1.54, 1.807) is 0 Å². The molecule has 2 nitrogen and oxygen atoms in total. The molecule has 0 saturated carbocycles. The monoisotopic (exact) mass is 209 g/mol. The molecule has 0 bridgehead atoms. The summed E-state index contributed by atoms with van der Waals surface area (Å²) in [5.41, 5.74) is 0. The van der Waals surface area contributed by atoms with Crippen LogP contribution < -0.4 is 0 Å². The maximum atomic E-state index is 11.6. The van der Waals surface area contributed by atoms with Crippen molar-refractivity contribution < 1.29 is 4.79 Å². The molecule has 0 aliphatic carbocycles. The molecule has 0 aliphatic rings. The van der Waals surface area contributed by atoms with Crippen LogP contribution in [0.5, 0.6) is 0 Å². The number of carbonyl (C=O) groups is 1. The Labute approximate surface area is 94.0 Å². The van der Waals surface area contributed by atoms with Crippen molar-refractivity contribution in [2.75, 3.05) is 13.6 Å². The number of rotatable bonds is 8. The Balaban J connectivity index is 3.43. The number of carbonyl (C=O) groups excluding carboxylic acids is 1. The first-order valence-corrected chi connectivity index (χ1v) is 5.89. The number of unbranched alkanes of at least 4 members (excludes halogenated alkanes) is 4. The summed E-state index contributed by atoms with van der Waals surface area (Å²) in [6, 6.07) is 0. The molecule has 2 heteroatoms. The third-order valence-corrected chi connectivity index (χ3v) is 2.48. The van der Waals surface area contributed by atoms with E-state index in [9.17, 15) is 4.79 Å². The van der Waals surface area contributed by atoms with Crippen molar-refractivity contribution in [3.63, 3.8) is 0 Å². The average molecular weight is 209 g/mol. The van der Waals surface area contributed by atoms with Gasteiger partial charge in [0, 0.05) is 26.4 Å². The van der Waals surface area contributed by atoms with Crippen molar-refractivity contribution in [1.82, 2.24) is 4.90 Å². The van der Waals surface area contributed by atoms with Gasteiger partial charge in [-0.15, -0.1) is 12.3 Å². The van der Waals surface area contributed by atoms with Crippen LogP contribution in [-0.2, 0) is 4.79 Å². The summed E-state index contributed by atoms with van der Waals surface area (Å²) in [5, 5.41) is 0. The molecule has 0 saturated heterocycles. The van der Waals surface area contributed by atoms with Crippen molar-refractivity contribution in [2.45, 2.75) is 51.9 Å². The first-order chi connectivity index (χ1) is 7.22. The molecule has 0 spiro atoms. The summed E-state index contributed by atoms with van der Waals surface area (Å²) in [7, 11) is 1.89. The molecule has 0 fully saturated rings. The van der Waals surface area contributed by atoms with E-state index in [1.165, 1.54) is 0 Å². The molecule has 0 rings (SSSR count). The first-order valence-electron chi connectivity index (χ1n) is 5.89. The Hall–Kier alpha value is -0.970. The van der Waals surface area contributed by atoms with Crippen LogP contribution in [0.2, 0.25) is 0 Å². The molecule has 0 aromatic heterocycles. The summed E-state index contributed by atoms with van der Waals surface area (Å²) < 4.78 is 0. The van der Waals surface area contributed by atoms with Gasteiger partial charge in [-0.05, 0) is 19.3 Å². The lowest BCUT2D eigenvalue weighted by molar-refractivity contribution is -0.130. The Bertz CT molecular complexity index is 205. The molecule has 0 atom stereocenters. The topological polar surface area (TPSA) is 20.3 Å². The highest BCUT2D eigenvalue weighted by atomic mass is 16.2. The smallest absolute Gasteiger partial charge is 0.222 e. The van der Waals surface area contributed by atoms with E-state index in [-0.39, 0.29) is 5.91 Å². The molecule has 15 heavy (non-hydrogen) atoms. The highest BCUT2D eigenvalue weighted by Crippen LogP contribution is 2.05. The maximum Gasteiger partial charge on any atom is 0.222 e. The Morgan fingerprint density at radius 1 is 1.27 bits per heavy atom. The summed E-state index contributed by atoms with van der Waals surface area (Å²) in [6.45, 7) is 3.03. The molecule has 0 aromatic carbocycles. The van der Waals surface area contributed by atoms with Crippen LogP contribution >= 0.6 is 0 Å². The van der Waals surface area contributed by atoms with Gasteiger partial charge in [0.05, 0.1) is 0 Å². The Morgan fingerprint density at radius 2 is 2.00 bits per heavy atom. The number of nitrogens with zero attached hydrogens (tertiary/aromatic N) is 1. The van der Waals surface area contributed by atoms with Crippen LogP contribution in [0.4, 0.5) is 0 Å². The van der Waals surface area contributed by atoms with Gasteiger partial charge in [0.15, 0.2) is 0 Å². The molecule has 0 heterocycles. The fourth-order valence-corrected chi connectivity index (χ4v) is 1.39. The lowest BCUT2D eigenvalue weighted by Crippen LogP contribution is -2.27. The molecule has 0 N–H and O–H groups in total. The lowest BCUT2D eigenvalue weighted by Gasteiger charge is -2.16. The molecule has 86 valence electrons. The van der Waals surface area contributed by atoms with Gasteiger partial charge in [0.2, 0.25) is 5.91 Å². The van der Waals surface area contributed by atoms with Crippen LogP contribution in [0.3, 0.4) is 0 Å². The van der Waals surface area contributed by atoms with Gasteiger partial charge in [0.1, 0.15) is 0 Å². The Morgan fingerprint density at radius 3 is 2.60 bits per heavy atom. The van der Waals surface area contributed by atoms with Crippen molar-refractivity contribution >= 4 is 5.91 Å². The van der Waals surface area contributed by atoms with Crippen LogP contribution in [0, 0.1) is 12.3 Å². The highest BCUT2D eigenvalue weighted by molar-refractivity contribution is 5.75. The second-order valence-electron chi connectivity index (χ2n) is 3.93. The molecule has 0 unspecified atom stereocenters. The van der Waals surface area contributed by atoms with Crippen LogP contribution in [-0.4, -0.2) is 24.4 Å². The molecule has 1 amide bonds. The highest BCUT2D eigenvalue weighted by Gasteiger charge is 2.06. The van der Waals surface area contributed by atoms with Crippen LogP contribution in [0.15, 0.2) is 0 Å². The van der Waals surface area contributed by atoms with Gasteiger partial charge >= 0.3 is 0 Å². The minimum absolute atomic E-state index is 0.268. The lowest BCUT2D eigenvalue weighted by atomic mass is 10.1. The van der Waals surface area contributed by atoms with Gasteiger partial charge in [-0.1, -0.05) is 19.8 Å². The van der Waals surface area contributed by atoms with Crippen molar-refractivity contribution in [3.8, 4) is 12.3 Å². The minimum atomic E-state index is 0.268. The second-order valence-corrected chi connectivity index (χ2v) is 3.93. The van der Waals surface area contributed by atoms with E-state index < -0.39 is 0 Å². The van der Waals surface area contributed by atoms with Gasteiger partial charge in [-0.25, -0.2) is 0 Å². The predicted octanol–water partition coefficient (Wildman–Crippen LogP) is 2.83. The zero-order chi connectivity index (χ0) is 11.5. The van der Waals surface area contributed by atoms with E-state index in [0.717, 1.165) is 45.1 Å². The molecule has 0 aliphatic heterocycles. The number of amides is 1. The van der Waals surface area contributed by atoms with Gasteiger partial charge in [-0.3, -0.25) is 4.79 Å². The number of hydrogen-bond donors (Lipinski definition) is 0. The maximum absolute atomic E-state index is 11.6. The van der Waals surface area contributed by atoms with Gasteiger partial charge in [-0.2, -0.15) is 0 Å². The largest absolute Gasteiger partial charge is 0.346 e. The van der Waals surface area contributed by atoms with E-state index in [1.807, 2.05) is 11.9 Å². The van der Waals surface area contributed by atoms with E-state index in [0.29, 0.717) is 6.42 Å². The number of terminal acetylenes is 1. The molecule has 0 aromatic rings. The summed E-state index contributed by atoms with van der Waals surface area (Å²) in [4.78, 5) is 13.4. The molecule has 0 radical (unpaired) electrons. The average Bonchev–Trinajstić information content (AvgIpc) is 2.25. The quantitative estimate of drug-likeness (QED) is 0.444. The summed E-state index contributed by atoms with van der Waals surface area (Å²) in [6.07, 6.45) is 12.0. The minimum Gasteiger partial charge on any atom is -0.346 e. The molecular weight excluding hydrogens is 186 g/mol. The van der Waals surface area contributed by atoms with Crippen LogP contribution in [0.1, 0.15) is 51.9 Å². The van der Waals surface area contributed by atoms with Crippen LogP contribution in [0.25, 0.3) is 0 Å². The standard InChI is InChI=1S/C13H23NO/c1-4-6-8-9-10-11-13(15)14(3)12-7-5-2/h1H,5-12H2,2-3H3. The van der Waals surface area contributed by atoms with Crippen molar-refractivity contribution in [3.05, 3.63) is 0 Å². The SMILES string of the molecule is C#CCCCCCC(=O)N(C)CCCC. The van der Waals surface area contributed by atoms with Crippen molar-refractivity contribution in [1.29, 1.82) is 0 Å². The molecular formula is C13H23NO.